The molecule has 0 amide bonds. The van der Waals surface area contributed by atoms with Gasteiger partial charge in [0.05, 0.1) is 6.61 Å². The van der Waals surface area contributed by atoms with Crippen LogP contribution in [0, 0.1) is 5.92 Å². The minimum Gasteiger partial charge on any atom is -0.480 e. The molecular formula is C10H19NO3. The van der Waals surface area contributed by atoms with Crippen LogP contribution in [0.5, 0.6) is 0 Å². The van der Waals surface area contributed by atoms with E-state index in [-0.39, 0.29) is 18.1 Å². The molecule has 1 fully saturated rings. The van der Waals surface area contributed by atoms with Crippen molar-refractivity contribution in [1.82, 2.24) is 5.32 Å². The second-order valence-electron chi connectivity index (χ2n) is 4.50. The summed E-state index contributed by atoms with van der Waals surface area (Å²) in [7, 11) is 0. The van der Waals surface area contributed by atoms with Crippen molar-refractivity contribution >= 4 is 5.97 Å². The number of aliphatic hydroxyl groups is 1. The van der Waals surface area contributed by atoms with Crippen molar-refractivity contribution in [2.24, 2.45) is 5.92 Å². The van der Waals surface area contributed by atoms with Gasteiger partial charge in [-0.2, -0.15) is 0 Å². The van der Waals surface area contributed by atoms with Crippen LogP contribution in [-0.2, 0) is 4.79 Å². The van der Waals surface area contributed by atoms with Crippen LogP contribution in [0.15, 0.2) is 0 Å². The predicted molar refractivity (Wildman–Crippen MR) is 53.1 cm³/mol. The largest absolute Gasteiger partial charge is 0.480 e. The molecule has 14 heavy (non-hydrogen) atoms. The van der Waals surface area contributed by atoms with Gasteiger partial charge in [-0.1, -0.05) is 13.8 Å². The Bertz CT molecular complexity index is 206. The number of hydrogen-bond acceptors (Lipinski definition) is 3. The summed E-state index contributed by atoms with van der Waals surface area (Å²) >= 11 is 0. The van der Waals surface area contributed by atoms with Gasteiger partial charge in [0.25, 0.3) is 0 Å². The third kappa shape index (κ3) is 2.25. The molecule has 1 rings (SSSR count). The molecule has 1 unspecified atom stereocenters. The molecule has 0 bridgehead atoms. The Morgan fingerprint density at radius 2 is 2.07 bits per heavy atom. The second-order valence-corrected chi connectivity index (χ2v) is 4.50. The first-order chi connectivity index (χ1) is 6.51. The molecule has 0 aromatic heterocycles. The summed E-state index contributed by atoms with van der Waals surface area (Å²) in [5, 5.41) is 21.2. The Morgan fingerprint density at radius 3 is 2.29 bits per heavy atom. The highest BCUT2D eigenvalue weighted by atomic mass is 16.4. The molecule has 0 radical (unpaired) electrons. The van der Waals surface area contributed by atoms with Gasteiger partial charge in [-0.05, 0) is 25.2 Å². The number of carboxylic acid groups (broad SMARTS) is 1. The molecule has 1 aliphatic carbocycles. The zero-order valence-corrected chi connectivity index (χ0v) is 8.79. The highest BCUT2D eigenvalue weighted by Gasteiger charge is 2.40. The lowest BCUT2D eigenvalue weighted by Gasteiger charge is -2.43. The molecular weight excluding hydrogens is 182 g/mol. The number of aliphatic carboxylic acids is 1. The van der Waals surface area contributed by atoms with E-state index in [0.29, 0.717) is 0 Å². The van der Waals surface area contributed by atoms with E-state index < -0.39 is 12.0 Å². The number of rotatable bonds is 5. The van der Waals surface area contributed by atoms with Crippen molar-refractivity contribution in [3.8, 4) is 0 Å². The molecule has 0 aromatic rings. The fraction of sp³-hybridized carbons (Fsp3) is 0.900. The van der Waals surface area contributed by atoms with Gasteiger partial charge in [0, 0.05) is 5.54 Å². The van der Waals surface area contributed by atoms with E-state index in [1.807, 2.05) is 13.8 Å². The number of nitrogens with one attached hydrogen (secondary N) is 1. The van der Waals surface area contributed by atoms with Gasteiger partial charge in [0.1, 0.15) is 6.04 Å². The van der Waals surface area contributed by atoms with E-state index in [4.69, 9.17) is 5.11 Å². The predicted octanol–water partition coefficient (Wildman–Crippen LogP) is 0.600. The number of aliphatic hydroxyl groups excluding tert-OH is 1. The quantitative estimate of drug-likeness (QED) is 0.609. The maximum Gasteiger partial charge on any atom is 0.320 e. The van der Waals surface area contributed by atoms with Gasteiger partial charge in [-0.25, -0.2) is 0 Å². The lowest BCUT2D eigenvalue weighted by atomic mass is 9.76. The van der Waals surface area contributed by atoms with E-state index in [0.717, 1.165) is 19.3 Å². The second kappa shape index (κ2) is 4.28. The SMILES string of the molecule is CC(C)C(NC1(CO)CCC1)C(=O)O. The zero-order chi connectivity index (χ0) is 10.8. The van der Waals surface area contributed by atoms with Crippen molar-refractivity contribution in [2.45, 2.75) is 44.7 Å². The Labute approximate surface area is 84.3 Å². The fourth-order valence-corrected chi connectivity index (χ4v) is 1.80. The smallest absolute Gasteiger partial charge is 0.320 e. The highest BCUT2D eigenvalue weighted by molar-refractivity contribution is 5.73. The Hall–Kier alpha value is -0.610. The van der Waals surface area contributed by atoms with Crippen LogP contribution >= 0.6 is 0 Å². The number of hydrogen-bond donors (Lipinski definition) is 3. The van der Waals surface area contributed by atoms with Crippen molar-refractivity contribution in [3.05, 3.63) is 0 Å². The van der Waals surface area contributed by atoms with Crippen LogP contribution in [0.2, 0.25) is 0 Å². The molecule has 1 aliphatic rings. The Kier molecular flexibility index (Phi) is 3.50. The Morgan fingerprint density at radius 1 is 1.50 bits per heavy atom. The van der Waals surface area contributed by atoms with Crippen LogP contribution in [0.4, 0.5) is 0 Å². The topological polar surface area (TPSA) is 69.6 Å². The lowest BCUT2D eigenvalue weighted by molar-refractivity contribution is -0.142. The average molecular weight is 201 g/mol. The number of carbonyl (C=O) groups is 1. The molecule has 4 heteroatoms. The van der Waals surface area contributed by atoms with Crippen LogP contribution in [0.3, 0.4) is 0 Å². The van der Waals surface area contributed by atoms with E-state index >= 15 is 0 Å². The van der Waals surface area contributed by atoms with E-state index in [1.54, 1.807) is 0 Å². The lowest BCUT2D eigenvalue weighted by Crippen LogP contribution is -2.60. The van der Waals surface area contributed by atoms with Crippen LogP contribution < -0.4 is 5.32 Å². The molecule has 0 spiro atoms. The van der Waals surface area contributed by atoms with Gasteiger partial charge in [0.15, 0.2) is 0 Å². The minimum absolute atomic E-state index is 0.0312. The Balaban J connectivity index is 2.58. The van der Waals surface area contributed by atoms with Crippen molar-refractivity contribution in [2.75, 3.05) is 6.61 Å². The summed E-state index contributed by atoms with van der Waals surface area (Å²) < 4.78 is 0. The molecule has 3 N–H and O–H groups in total. The number of carboxylic acids is 1. The summed E-state index contributed by atoms with van der Waals surface area (Å²) in [5.74, 6) is -0.795. The summed E-state index contributed by atoms with van der Waals surface area (Å²) in [4.78, 5) is 10.9. The summed E-state index contributed by atoms with van der Waals surface area (Å²) in [6, 6.07) is -0.553. The average Bonchev–Trinajstić information content (AvgIpc) is 2.02. The first-order valence-electron chi connectivity index (χ1n) is 5.12. The van der Waals surface area contributed by atoms with Gasteiger partial charge < -0.3 is 10.2 Å². The van der Waals surface area contributed by atoms with Crippen LogP contribution in [-0.4, -0.2) is 34.4 Å². The summed E-state index contributed by atoms with van der Waals surface area (Å²) in [6.07, 6.45) is 2.82. The molecule has 0 saturated heterocycles. The summed E-state index contributed by atoms with van der Waals surface area (Å²) in [5.41, 5.74) is -0.326. The highest BCUT2D eigenvalue weighted by Crippen LogP contribution is 2.32. The molecule has 4 nitrogen and oxygen atoms in total. The monoisotopic (exact) mass is 201 g/mol. The van der Waals surface area contributed by atoms with Crippen molar-refractivity contribution in [1.29, 1.82) is 0 Å². The molecule has 0 heterocycles. The van der Waals surface area contributed by atoms with E-state index in [2.05, 4.69) is 5.32 Å². The van der Waals surface area contributed by atoms with Crippen molar-refractivity contribution in [3.63, 3.8) is 0 Å². The molecule has 1 saturated carbocycles. The van der Waals surface area contributed by atoms with Gasteiger partial charge >= 0.3 is 5.97 Å². The maximum atomic E-state index is 10.9. The minimum atomic E-state index is -0.834. The van der Waals surface area contributed by atoms with Crippen molar-refractivity contribution < 1.29 is 15.0 Å². The van der Waals surface area contributed by atoms with Gasteiger partial charge in [-0.15, -0.1) is 0 Å². The summed E-state index contributed by atoms with van der Waals surface area (Å²) in [6.45, 7) is 3.77. The van der Waals surface area contributed by atoms with Crippen LogP contribution in [0.1, 0.15) is 33.1 Å². The third-order valence-electron chi connectivity index (χ3n) is 3.01. The van der Waals surface area contributed by atoms with E-state index in [1.165, 1.54) is 0 Å². The van der Waals surface area contributed by atoms with Crippen LogP contribution in [0.25, 0.3) is 0 Å². The standard InChI is InChI=1S/C10H19NO3/c1-7(2)8(9(13)14)11-10(6-12)4-3-5-10/h7-8,11-12H,3-6H2,1-2H3,(H,13,14). The maximum absolute atomic E-state index is 10.9. The zero-order valence-electron chi connectivity index (χ0n) is 8.79. The van der Waals surface area contributed by atoms with Gasteiger partial charge in [0.2, 0.25) is 0 Å². The fourth-order valence-electron chi connectivity index (χ4n) is 1.80. The third-order valence-corrected chi connectivity index (χ3v) is 3.01. The molecule has 1 atom stereocenters. The van der Waals surface area contributed by atoms with Gasteiger partial charge in [-0.3, -0.25) is 10.1 Å². The molecule has 0 aliphatic heterocycles. The normalized spacial score (nSPS) is 21.7. The molecule has 0 aromatic carbocycles. The molecule has 82 valence electrons. The van der Waals surface area contributed by atoms with E-state index in [9.17, 15) is 9.90 Å². The first-order valence-corrected chi connectivity index (χ1v) is 5.12. The first kappa shape index (κ1) is 11.5.